The van der Waals surface area contributed by atoms with Crippen molar-refractivity contribution in [3.8, 4) is 5.75 Å². The Kier molecular flexibility index (Phi) is 6.04. The van der Waals surface area contributed by atoms with Gasteiger partial charge in [0.1, 0.15) is 5.75 Å². The van der Waals surface area contributed by atoms with E-state index in [0.717, 1.165) is 43.6 Å². The maximum atomic E-state index is 13.1. The highest BCUT2D eigenvalue weighted by molar-refractivity contribution is 9.10. The number of thioether (sulfide) groups is 1. The molecule has 1 unspecified atom stereocenters. The molecule has 3 aromatic rings. The number of nitrogens with one attached hydrogen (secondary N) is 1. The number of aromatic nitrogens is 1. The van der Waals surface area contributed by atoms with Crippen LogP contribution < -0.4 is 10.1 Å². The summed E-state index contributed by atoms with van der Waals surface area (Å²) in [5.41, 5.74) is 2.76. The fourth-order valence-electron chi connectivity index (χ4n) is 3.16. The van der Waals surface area contributed by atoms with E-state index in [1.807, 2.05) is 49.4 Å². The van der Waals surface area contributed by atoms with Crippen molar-refractivity contribution in [1.82, 2.24) is 10.3 Å². The lowest BCUT2D eigenvalue weighted by Crippen LogP contribution is -2.32. The highest BCUT2D eigenvalue weighted by Crippen LogP contribution is 2.35. The number of thiazole rings is 1. The van der Waals surface area contributed by atoms with Crippen LogP contribution in [0.3, 0.4) is 0 Å². The van der Waals surface area contributed by atoms with E-state index in [1.54, 1.807) is 23.1 Å². The van der Waals surface area contributed by atoms with Gasteiger partial charge in [-0.15, -0.1) is 23.1 Å². The molecule has 1 aromatic heterocycles. The van der Waals surface area contributed by atoms with Gasteiger partial charge in [0.15, 0.2) is 0 Å². The molecule has 1 aliphatic rings. The molecule has 2 heterocycles. The zero-order chi connectivity index (χ0) is 19.5. The van der Waals surface area contributed by atoms with Crippen LogP contribution in [0.25, 0.3) is 0 Å². The van der Waals surface area contributed by atoms with E-state index >= 15 is 0 Å². The van der Waals surface area contributed by atoms with Gasteiger partial charge in [-0.1, -0.05) is 28.1 Å². The number of hydrogen-bond acceptors (Lipinski definition) is 5. The first-order chi connectivity index (χ1) is 13.6. The smallest absolute Gasteiger partial charge is 0.252 e. The Morgan fingerprint density at radius 1 is 1.36 bits per heavy atom. The number of ether oxygens (including phenoxy) is 1. The van der Waals surface area contributed by atoms with Gasteiger partial charge in [-0.2, -0.15) is 0 Å². The molecule has 0 saturated heterocycles. The number of aryl methyl sites for hydroxylation is 1. The molecule has 0 radical (unpaired) electrons. The van der Waals surface area contributed by atoms with Gasteiger partial charge in [0.05, 0.1) is 28.9 Å². The van der Waals surface area contributed by atoms with Crippen LogP contribution in [-0.2, 0) is 5.75 Å². The third-order valence-corrected chi connectivity index (χ3v) is 6.91. The largest absolute Gasteiger partial charge is 0.493 e. The molecule has 2 aromatic carbocycles. The summed E-state index contributed by atoms with van der Waals surface area (Å²) in [5, 5.41) is 6.33. The molecular weight excluding hydrogens is 456 g/mol. The Labute approximate surface area is 180 Å². The van der Waals surface area contributed by atoms with Gasteiger partial charge in [0, 0.05) is 32.5 Å². The highest BCUT2D eigenvalue weighted by atomic mass is 79.9. The number of benzene rings is 2. The summed E-state index contributed by atoms with van der Waals surface area (Å²) < 4.78 is 6.70. The standard InChI is InChI=1S/C21H19BrN2O2S2/c1-13-23-15(11-27-13)12-28-20-5-3-2-4-16(20)21(25)24-18-8-9-26-19-7-6-14(22)10-17(18)19/h2-7,10-11,18H,8-9,12H2,1H3,(H,24,25). The van der Waals surface area contributed by atoms with Crippen molar-refractivity contribution in [1.29, 1.82) is 0 Å². The molecule has 1 amide bonds. The number of nitrogens with zero attached hydrogens (tertiary/aromatic N) is 1. The number of rotatable bonds is 5. The van der Waals surface area contributed by atoms with Gasteiger partial charge in [-0.3, -0.25) is 4.79 Å². The molecule has 1 N–H and O–H groups in total. The summed E-state index contributed by atoms with van der Waals surface area (Å²) in [5.74, 6) is 1.53. The second-order valence-corrected chi connectivity index (χ2v) is 9.48. The van der Waals surface area contributed by atoms with Crippen LogP contribution in [0.15, 0.2) is 57.2 Å². The van der Waals surface area contributed by atoms with Crippen LogP contribution in [0.1, 0.15) is 39.1 Å². The fourth-order valence-corrected chi connectivity index (χ4v) is 5.20. The number of halogens is 1. The van der Waals surface area contributed by atoms with Crippen LogP contribution in [0.4, 0.5) is 0 Å². The average Bonchev–Trinajstić information content (AvgIpc) is 3.12. The molecular formula is C21H19BrN2O2S2. The van der Waals surface area contributed by atoms with Crippen LogP contribution in [0, 0.1) is 6.92 Å². The maximum absolute atomic E-state index is 13.1. The number of amides is 1. The lowest BCUT2D eigenvalue weighted by Gasteiger charge is -2.27. The summed E-state index contributed by atoms with van der Waals surface area (Å²) in [4.78, 5) is 18.5. The summed E-state index contributed by atoms with van der Waals surface area (Å²) in [6.45, 7) is 2.60. The molecule has 4 nitrogen and oxygen atoms in total. The van der Waals surface area contributed by atoms with E-state index < -0.39 is 0 Å². The number of fused-ring (bicyclic) bond motifs is 1. The third kappa shape index (κ3) is 4.42. The molecule has 1 atom stereocenters. The van der Waals surface area contributed by atoms with Gasteiger partial charge >= 0.3 is 0 Å². The minimum Gasteiger partial charge on any atom is -0.493 e. The van der Waals surface area contributed by atoms with Crippen molar-refractivity contribution in [2.75, 3.05) is 6.61 Å². The first-order valence-electron chi connectivity index (χ1n) is 8.96. The minimum atomic E-state index is -0.0620. The SMILES string of the molecule is Cc1nc(CSc2ccccc2C(=O)NC2CCOc3ccc(Br)cc32)cs1. The quantitative estimate of drug-likeness (QED) is 0.477. The molecule has 7 heteroatoms. The molecule has 4 rings (SSSR count). The van der Waals surface area contributed by atoms with Gasteiger partial charge in [0.25, 0.3) is 5.91 Å². The normalized spacial score (nSPS) is 15.6. The number of hydrogen-bond donors (Lipinski definition) is 1. The van der Waals surface area contributed by atoms with Gasteiger partial charge in [0.2, 0.25) is 0 Å². The van der Waals surface area contributed by atoms with Crippen molar-refractivity contribution in [3.05, 3.63) is 74.1 Å². The van der Waals surface area contributed by atoms with Gasteiger partial charge < -0.3 is 10.1 Å². The predicted molar refractivity (Wildman–Crippen MR) is 117 cm³/mol. The second kappa shape index (κ2) is 8.68. The van der Waals surface area contributed by atoms with Crippen LogP contribution in [0.5, 0.6) is 5.75 Å². The Morgan fingerprint density at radius 2 is 2.21 bits per heavy atom. The topological polar surface area (TPSA) is 51.2 Å². The summed E-state index contributed by atoms with van der Waals surface area (Å²) in [6.07, 6.45) is 0.753. The molecule has 0 spiro atoms. The second-order valence-electron chi connectivity index (χ2n) is 6.49. The summed E-state index contributed by atoms with van der Waals surface area (Å²) >= 11 is 6.80. The fraction of sp³-hybridized carbons (Fsp3) is 0.238. The van der Waals surface area contributed by atoms with Gasteiger partial charge in [-0.05, 0) is 37.3 Å². The highest BCUT2D eigenvalue weighted by Gasteiger charge is 2.24. The Hall–Kier alpha value is -1.83. The van der Waals surface area contributed by atoms with Crippen molar-refractivity contribution >= 4 is 44.9 Å². The van der Waals surface area contributed by atoms with E-state index in [4.69, 9.17) is 4.74 Å². The number of carbonyl (C=O) groups is 1. The van der Waals surface area contributed by atoms with Crippen molar-refractivity contribution in [2.45, 2.75) is 30.0 Å². The molecule has 0 aliphatic carbocycles. The van der Waals surface area contributed by atoms with E-state index in [9.17, 15) is 4.79 Å². The monoisotopic (exact) mass is 474 g/mol. The van der Waals surface area contributed by atoms with Crippen LogP contribution in [-0.4, -0.2) is 17.5 Å². The van der Waals surface area contributed by atoms with Crippen LogP contribution in [0.2, 0.25) is 0 Å². The lowest BCUT2D eigenvalue weighted by molar-refractivity contribution is 0.0922. The molecule has 0 fully saturated rings. The maximum Gasteiger partial charge on any atom is 0.252 e. The van der Waals surface area contributed by atoms with E-state index in [-0.39, 0.29) is 11.9 Å². The van der Waals surface area contributed by atoms with Crippen LogP contribution >= 0.6 is 39.0 Å². The van der Waals surface area contributed by atoms with Crippen molar-refractivity contribution in [2.24, 2.45) is 0 Å². The molecule has 0 saturated carbocycles. The lowest BCUT2D eigenvalue weighted by atomic mass is 10.00. The molecule has 28 heavy (non-hydrogen) atoms. The first kappa shape index (κ1) is 19.5. The van der Waals surface area contributed by atoms with Gasteiger partial charge in [-0.25, -0.2) is 4.98 Å². The Balaban J connectivity index is 1.51. The Morgan fingerprint density at radius 3 is 3.04 bits per heavy atom. The minimum absolute atomic E-state index is 0.0598. The third-order valence-electron chi connectivity index (χ3n) is 4.49. The summed E-state index contributed by atoms with van der Waals surface area (Å²) in [7, 11) is 0. The Bertz CT molecular complexity index is 1010. The molecule has 0 bridgehead atoms. The molecule has 144 valence electrons. The first-order valence-corrected chi connectivity index (χ1v) is 11.6. The number of carbonyl (C=O) groups excluding carboxylic acids is 1. The zero-order valence-electron chi connectivity index (χ0n) is 15.3. The predicted octanol–water partition coefficient (Wildman–Crippen LogP) is 5.76. The summed E-state index contributed by atoms with van der Waals surface area (Å²) in [6, 6.07) is 13.6. The van der Waals surface area contributed by atoms with Crippen molar-refractivity contribution < 1.29 is 9.53 Å². The van der Waals surface area contributed by atoms with E-state index in [0.29, 0.717) is 12.2 Å². The van der Waals surface area contributed by atoms with Crippen molar-refractivity contribution in [3.63, 3.8) is 0 Å². The van der Waals surface area contributed by atoms with E-state index in [1.165, 1.54) is 0 Å². The zero-order valence-corrected chi connectivity index (χ0v) is 18.5. The van der Waals surface area contributed by atoms with E-state index in [2.05, 4.69) is 31.6 Å². The average molecular weight is 475 g/mol. The molecule has 1 aliphatic heterocycles.